The van der Waals surface area contributed by atoms with Crippen molar-refractivity contribution >= 4 is 11.6 Å². The molecular formula is C5H8ClN3. The van der Waals surface area contributed by atoms with Crippen molar-refractivity contribution in [2.45, 2.75) is 13.3 Å². The Morgan fingerprint density at radius 1 is 1.67 bits per heavy atom. The van der Waals surface area contributed by atoms with Crippen molar-refractivity contribution in [3.63, 3.8) is 0 Å². The van der Waals surface area contributed by atoms with E-state index in [0.29, 0.717) is 5.15 Å². The summed E-state index contributed by atoms with van der Waals surface area (Å²) in [5.41, 5.74) is 0.983. The van der Waals surface area contributed by atoms with Crippen LogP contribution in [0.2, 0.25) is 5.15 Å². The zero-order valence-corrected chi connectivity index (χ0v) is 6.18. The maximum Gasteiger partial charge on any atom is 0.174 e. The third kappa shape index (κ3) is 1.05. The van der Waals surface area contributed by atoms with E-state index in [9.17, 15) is 0 Å². The highest BCUT2D eigenvalue weighted by atomic mass is 35.5. The molecule has 0 bridgehead atoms. The molecule has 0 amide bonds. The summed E-state index contributed by atoms with van der Waals surface area (Å²) in [6.07, 6.45) is 0.877. The van der Waals surface area contributed by atoms with Gasteiger partial charge in [0.25, 0.3) is 0 Å². The summed E-state index contributed by atoms with van der Waals surface area (Å²) in [4.78, 5) is 0. The van der Waals surface area contributed by atoms with Crippen molar-refractivity contribution in [3.05, 3.63) is 10.8 Å². The van der Waals surface area contributed by atoms with Gasteiger partial charge in [0.1, 0.15) is 0 Å². The summed E-state index contributed by atoms with van der Waals surface area (Å²) in [6, 6.07) is 0. The summed E-state index contributed by atoms with van der Waals surface area (Å²) in [7, 11) is 1.83. The Morgan fingerprint density at radius 2 is 2.33 bits per heavy atom. The van der Waals surface area contributed by atoms with Gasteiger partial charge < -0.3 is 0 Å². The van der Waals surface area contributed by atoms with Crippen LogP contribution in [0, 0.1) is 0 Å². The highest BCUT2D eigenvalue weighted by Gasteiger charge is 2.03. The Labute approximate surface area is 58.6 Å². The number of hydrogen-bond acceptors (Lipinski definition) is 2. The molecule has 1 rings (SSSR count). The maximum atomic E-state index is 5.65. The van der Waals surface area contributed by atoms with Crippen LogP contribution in [0.15, 0.2) is 0 Å². The van der Waals surface area contributed by atoms with Gasteiger partial charge in [-0.3, -0.25) is 4.68 Å². The summed E-state index contributed by atoms with van der Waals surface area (Å²) in [5.74, 6) is 0. The monoisotopic (exact) mass is 145 g/mol. The van der Waals surface area contributed by atoms with Gasteiger partial charge in [0.2, 0.25) is 0 Å². The van der Waals surface area contributed by atoms with Crippen LogP contribution in [0.1, 0.15) is 12.6 Å². The fourth-order valence-corrected chi connectivity index (χ4v) is 1.02. The molecule has 0 radical (unpaired) electrons. The molecule has 1 aromatic heterocycles. The smallest absolute Gasteiger partial charge is 0.174 e. The van der Waals surface area contributed by atoms with Crippen molar-refractivity contribution in [2.75, 3.05) is 0 Å². The van der Waals surface area contributed by atoms with Crippen LogP contribution in [-0.2, 0) is 13.5 Å². The van der Waals surface area contributed by atoms with Crippen LogP contribution >= 0.6 is 11.6 Å². The van der Waals surface area contributed by atoms with E-state index in [-0.39, 0.29) is 0 Å². The number of aromatic nitrogens is 3. The number of hydrogen-bond donors (Lipinski definition) is 0. The highest BCUT2D eigenvalue weighted by molar-refractivity contribution is 6.29. The molecule has 0 spiro atoms. The quantitative estimate of drug-likeness (QED) is 0.591. The first-order chi connectivity index (χ1) is 4.25. The number of nitrogens with zero attached hydrogens (tertiary/aromatic N) is 3. The van der Waals surface area contributed by atoms with E-state index >= 15 is 0 Å². The van der Waals surface area contributed by atoms with Crippen molar-refractivity contribution in [1.29, 1.82) is 0 Å². The number of aryl methyl sites for hydroxylation is 1. The van der Waals surface area contributed by atoms with Crippen LogP contribution in [-0.4, -0.2) is 15.0 Å². The van der Waals surface area contributed by atoms with E-state index in [2.05, 4.69) is 10.3 Å². The Balaban J connectivity index is 3.07. The molecule has 0 aliphatic carbocycles. The molecule has 0 fully saturated rings. The zero-order chi connectivity index (χ0) is 6.85. The minimum atomic E-state index is 0.514. The Bertz CT molecular complexity index is 186. The van der Waals surface area contributed by atoms with Gasteiger partial charge in [0.15, 0.2) is 5.15 Å². The molecule has 50 valence electrons. The molecule has 0 aliphatic rings. The zero-order valence-electron chi connectivity index (χ0n) is 5.43. The summed E-state index contributed by atoms with van der Waals surface area (Å²) >= 11 is 5.65. The lowest BCUT2D eigenvalue weighted by Crippen LogP contribution is -1.95. The van der Waals surface area contributed by atoms with Gasteiger partial charge in [-0.25, -0.2) is 0 Å². The molecule has 0 atom stereocenters. The lowest BCUT2D eigenvalue weighted by molar-refractivity contribution is 0.682. The Hall–Kier alpha value is -0.570. The van der Waals surface area contributed by atoms with Gasteiger partial charge in [-0.1, -0.05) is 23.7 Å². The van der Waals surface area contributed by atoms with Gasteiger partial charge in [0, 0.05) is 7.05 Å². The lowest BCUT2D eigenvalue weighted by atomic mass is 10.4. The number of halogens is 1. The third-order valence-corrected chi connectivity index (χ3v) is 1.52. The predicted molar refractivity (Wildman–Crippen MR) is 35.4 cm³/mol. The molecule has 0 saturated heterocycles. The second kappa shape index (κ2) is 2.35. The normalized spacial score (nSPS) is 10.1. The maximum absolute atomic E-state index is 5.65. The summed E-state index contributed by atoms with van der Waals surface area (Å²) in [5, 5.41) is 7.90. The topological polar surface area (TPSA) is 30.7 Å². The van der Waals surface area contributed by atoms with Crippen LogP contribution in [0.5, 0.6) is 0 Å². The Kier molecular flexibility index (Phi) is 1.71. The number of rotatable bonds is 1. The van der Waals surface area contributed by atoms with E-state index in [1.165, 1.54) is 0 Å². The van der Waals surface area contributed by atoms with E-state index in [4.69, 9.17) is 11.6 Å². The first-order valence-corrected chi connectivity index (χ1v) is 3.17. The molecule has 0 unspecified atom stereocenters. The second-order valence-electron chi connectivity index (χ2n) is 1.80. The van der Waals surface area contributed by atoms with Gasteiger partial charge in [-0.05, 0) is 6.42 Å². The lowest BCUT2D eigenvalue weighted by Gasteiger charge is -1.92. The second-order valence-corrected chi connectivity index (χ2v) is 2.16. The van der Waals surface area contributed by atoms with Crippen LogP contribution < -0.4 is 0 Å². The van der Waals surface area contributed by atoms with Crippen LogP contribution in [0.4, 0.5) is 0 Å². The molecule has 0 N–H and O–H groups in total. The average molecular weight is 146 g/mol. The first-order valence-electron chi connectivity index (χ1n) is 2.79. The van der Waals surface area contributed by atoms with Crippen molar-refractivity contribution in [1.82, 2.24) is 15.0 Å². The molecular weight excluding hydrogens is 138 g/mol. The van der Waals surface area contributed by atoms with E-state index < -0.39 is 0 Å². The SMILES string of the molecule is CCc1c(Cl)nnn1C. The molecule has 0 aromatic carbocycles. The fraction of sp³-hybridized carbons (Fsp3) is 0.600. The molecule has 0 saturated carbocycles. The van der Waals surface area contributed by atoms with Crippen LogP contribution in [0.3, 0.4) is 0 Å². The molecule has 0 aliphatic heterocycles. The van der Waals surface area contributed by atoms with Gasteiger partial charge >= 0.3 is 0 Å². The van der Waals surface area contributed by atoms with Gasteiger partial charge in [-0.2, -0.15) is 0 Å². The van der Waals surface area contributed by atoms with Crippen molar-refractivity contribution in [2.24, 2.45) is 7.05 Å². The minimum absolute atomic E-state index is 0.514. The van der Waals surface area contributed by atoms with Gasteiger partial charge in [-0.15, -0.1) is 5.10 Å². The van der Waals surface area contributed by atoms with E-state index in [1.54, 1.807) is 4.68 Å². The molecule has 9 heavy (non-hydrogen) atoms. The highest BCUT2D eigenvalue weighted by Crippen LogP contribution is 2.09. The Morgan fingerprint density at radius 3 is 2.56 bits per heavy atom. The first kappa shape index (κ1) is 6.55. The standard InChI is InChI=1S/C5H8ClN3/c1-3-4-5(6)7-8-9(4)2/h3H2,1-2H3. The van der Waals surface area contributed by atoms with E-state index in [0.717, 1.165) is 12.1 Å². The average Bonchev–Trinajstić information content (AvgIpc) is 2.12. The molecule has 1 heterocycles. The molecule has 1 aromatic rings. The predicted octanol–water partition coefficient (Wildman–Crippen LogP) is 1.03. The summed E-state index contributed by atoms with van der Waals surface area (Å²) < 4.78 is 1.68. The third-order valence-electron chi connectivity index (χ3n) is 1.23. The van der Waals surface area contributed by atoms with Crippen molar-refractivity contribution in [3.8, 4) is 0 Å². The van der Waals surface area contributed by atoms with Crippen molar-refractivity contribution < 1.29 is 0 Å². The molecule has 3 nitrogen and oxygen atoms in total. The minimum Gasteiger partial charge on any atom is -0.251 e. The van der Waals surface area contributed by atoms with Crippen LogP contribution in [0.25, 0.3) is 0 Å². The largest absolute Gasteiger partial charge is 0.251 e. The summed E-state index contributed by atoms with van der Waals surface area (Å²) in [6.45, 7) is 2.02. The van der Waals surface area contributed by atoms with E-state index in [1.807, 2.05) is 14.0 Å². The van der Waals surface area contributed by atoms with Gasteiger partial charge in [0.05, 0.1) is 5.69 Å². The molecule has 4 heteroatoms. The fourth-order valence-electron chi connectivity index (χ4n) is 0.726.